The molecule has 16 heavy (non-hydrogen) atoms. The molecule has 0 amide bonds. The molecule has 2 rings (SSSR count). The Hall–Kier alpha value is -1.80. The molecule has 2 aromatic carbocycles. The lowest BCUT2D eigenvalue weighted by atomic mass is 10.2. The zero-order chi connectivity index (χ0) is 11.4. The van der Waals surface area contributed by atoms with E-state index in [1.807, 2.05) is 30.3 Å². The standard InChI is InChI=1S/C13H10ClNO/c14-12-7-4-8-13(9-12)15(16)10-11-5-2-1-3-6-11/h1-10H/b15-10-. The highest BCUT2D eigenvalue weighted by atomic mass is 35.5. The highest BCUT2D eigenvalue weighted by molar-refractivity contribution is 6.30. The van der Waals surface area contributed by atoms with Gasteiger partial charge in [-0.2, -0.15) is 4.74 Å². The van der Waals surface area contributed by atoms with Crippen molar-refractivity contribution in [1.29, 1.82) is 0 Å². The second-order valence-electron chi connectivity index (χ2n) is 3.35. The summed E-state index contributed by atoms with van der Waals surface area (Å²) in [7, 11) is 0. The minimum Gasteiger partial charge on any atom is -0.618 e. The summed E-state index contributed by atoms with van der Waals surface area (Å²) >= 11 is 5.81. The van der Waals surface area contributed by atoms with Crippen molar-refractivity contribution in [2.75, 3.05) is 0 Å². The lowest BCUT2D eigenvalue weighted by molar-refractivity contribution is -0.354. The second-order valence-corrected chi connectivity index (χ2v) is 3.78. The third-order valence-electron chi connectivity index (χ3n) is 2.13. The molecule has 0 aliphatic rings. The Labute approximate surface area is 99.0 Å². The maximum atomic E-state index is 11.8. The van der Waals surface area contributed by atoms with Crippen molar-refractivity contribution >= 4 is 23.5 Å². The van der Waals surface area contributed by atoms with Crippen LogP contribution < -0.4 is 0 Å². The number of hydrogen-bond donors (Lipinski definition) is 0. The lowest BCUT2D eigenvalue weighted by Gasteiger charge is -2.02. The summed E-state index contributed by atoms with van der Waals surface area (Å²) in [5.41, 5.74) is 1.38. The van der Waals surface area contributed by atoms with E-state index in [-0.39, 0.29) is 0 Å². The van der Waals surface area contributed by atoms with E-state index in [1.54, 1.807) is 24.3 Å². The topological polar surface area (TPSA) is 26.1 Å². The van der Waals surface area contributed by atoms with Crippen LogP contribution in [0.1, 0.15) is 5.56 Å². The molecule has 2 aromatic rings. The molecular weight excluding hydrogens is 222 g/mol. The predicted molar refractivity (Wildman–Crippen MR) is 66.3 cm³/mol. The average molecular weight is 232 g/mol. The van der Waals surface area contributed by atoms with Crippen LogP contribution in [0.25, 0.3) is 0 Å². The quantitative estimate of drug-likeness (QED) is 0.336. The minimum atomic E-state index is 0.524. The van der Waals surface area contributed by atoms with E-state index in [2.05, 4.69) is 0 Å². The van der Waals surface area contributed by atoms with Gasteiger partial charge in [0.2, 0.25) is 5.69 Å². The number of hydrogen-bond acceptors (Lipinski definition) is 1. The fraction of sp³-hybridized carbons (Fsp3) is 0. The molecule has 0 saturated heterocycles. The molecule has 0 fully saturated rings. The first-order chi connectivity index (χ1) is 7.75. The third-order valence-corrected chi connectivity index (χ3v) is 2.36. The molecule has 0 spiro atoms. The smallest absolute Gasteiger partial charge is 0.217 e. The van der Waals surface area contributed by atoms with Gasteiger partial charge in [0.05, 0.1) is 0 Å². The van der Waals surface area contributed by atoms with Crippen LogP contribution in [0.4, 0.5) is 5.69 Å². The van der Waals surface area contributed by atoms with Gasteiger partial charge in [0, 0.05) is 22.7 Å². The molecule has 80 valence electrons. The molecule has 3 heteroatoms. The van der Waals surface area contributed by atoms with Gasteiger partial charge >= 0.3 is 0 Å². The Morgan fingerprint density at radius 1 is 1.00 bits per heavy atom. The number of rotatable bonds is 2. The largest absolute Gasteiger partial charge is 0.618 e. The summed E-state index contributed by atoms with van der Waals surface area (Å²) in [5, 5.41) is 12.3. The molecule has 2 nitrogen and oxygen atoms in total. The van der Waals surface area contributed by atoms with Crippen molar-refractivity contribution in [3.63, 3.8) is 0 Å². The van der Waals surface area contributed by atoms with Crippen molar-refractivity contribution in [1.82, 2.24) is 0 Å². The van der Waals surface area contributed by atoms with Crippen LogP contribution in [-0.4, -0.2) is 11.0 Å². The van der Waals surface area contributed by atoms with Gasteiger partial charge in [-0.05, 0) is 18.2 Å². The van der Waals surface area contributed by atoms with Gasteiger partial charge in [0.15, 0.2) is 6.21 Å². The summed E-state index contributed by atoms with van der Waals surface area (Å²) in [6.07, 6.45) is 1.52. The first-order valence-electron chi connectivity index (χ1n) is 4.87. The van der Waals surface area contributed by atoms with Gasteiger partial charge in [-0.3, -0.25) is 0 Å². The van der Waals surface area contributed by atoms with Crippen molar-refractivity contribution in [3.05, 3.63) is 70.4 Å². The SMILES string of the molecule is [O-]/[N+](=C\c1ccccc1)c1cccc(Cl)c1. The van der Waals surface area contributed by atoms with E-state index in [0.717, 1.165) is 10.3 Å². The first kappa shape index (κ1) is 10.7. The van der Waals surface area contributed by atoms with E-state index in [0.29, 0.717) is 10.7 Å². The van der Waals surface area contributed by atoms with E-state index in [9.17, 15) is 5.21 Å². The van der Waals surface area contributed by atoms with Crippen molar-refractivity contribution < 1.29 is 4.74 Å². The average Bonchev–Trinajstić information content (AvgIpc) is 2.30. The Bertz CT molecular complexity index is 508. The van der Waals surface area contributed by atoms with Crippen molar-refractivity contribution in [2.45, 2.75) is 0 Å². The van der Waals surface area contributed by atoms with Crippen LogP contribution in [0.15, 0.2) is 54.6 Å². The Kier molecular flexibility index (Phi) is 3.22. The molecule has 0 bridgehead atoms. The summed E-state index contributed by atoms with van der Waals surface area (Å²) in [4.78, 5) is 0. The second kappa shape index (κ2) is 4.81. The number of benzene rings is 2. The van der Waals surface area contributed by atoms with Crippen LogP contribution in [0.3, 0.4) is 0 Å². The summed E-state index contributed by atoms with van der Waals surface area (Å²) in [6.45, 7) is 0. The fourth-order valence-electron chi connectivity index (χ4n) is 1.36. The molecule has 0 atom stereocenters. The molecule has 0 aromatic heterocycles. The maximum Gasteiger partial charge on any atom is 0.217 e. The summed E-state index contributed by atoms with van der Waals surface area (Å²) in [5.74, 6) is 0. The highest BCUT2D eigenvalue weighted by Crippen LogP contribution is 2.17. The number of nitrogens with zero attached hydrogens (tertiary/aromatic N) is 1. The normalized spacial score (nSPS) is 11.4. The zero-order valence-corrected chi connectivity index (χ0v) is 9.26. The van der Waals surface area contributed by atoms with Gasteiger partial charge in [-0.15, -0.1) is 0 Å². The van der Waals surface area contributed by atoms with Gasteiger partial charge < -0.3 is 5.21 Å². The predicted octanol–water partition coefficient (Wildman–Crippen LogP) is 3.60. The fourth-order valence-corrected chi connectivity index (χ4v) is 1.55. The molecular formula is C13H10ClNO. The minimum absolute atomic E-state index is 0.524. The van der Waals surface area contributed by atoms with E-state index in [1.165, 1.54) is 6.21 Å². The van der Waals surface area contributed by atoms with Crippen LogP contribution in [0.2, 0.25) is 5.02 Å². The molecule has 0 radical (unpaired) electrons. The van der Waals surface area contributed by atoms with Gasteiger partial charge in [0.1, 0.15) is 0 Å². The van der Waals surface area contributed by atoms with E-state index < -0.39 is 0 Å². The third kappa shape index (κ3) is 2.61. The van der Waals surface area contributed by atoms with Crippen LogP contribution in [0, 0.1) is 5.21 Å². The van der Waals surface area contributed by atoms with Gasteiger partial charge in [-0.1, -0.05) is 35.9 Å². The van der Waals surface area contributed by atoms with Gasteiger partial charge in [-0.25, -0.2) is 0 Å². The number of halogens is 1. The zero-order valence-electron chi connectivity index (χ0n) is 8.51. The highest BCUT2D eigenvalue weighted by Gasteiger charge is 2.01. The summed E-state index contributed by atoms with van der Waals surface area (Å²) < 4.78 is 0.807. The Morgan fingerprint density at radius 3 is 2.44 bits per heavy atom. The molecule has 0 heterocycles. The Balaban J connectivity index is 2.32. The maximum absolute atomic E-state index is 11.8. The molecule has 0 aliphatic heterocycles. The molecule has 0 N–H and O–H groups in total. The van der Waals surface area contributed by atoms with E-state index in [4.69, 9.17) is 11.6 Å². The Morgan fingerprint density at radius 2 is 1.75 bits per heavy atom. The van der Waals surface area contributed by atoms with Crippen molar-refractivity contribution in [2.24, 2.45) is 0 Å². The van der Waals surface area contributed by atoms with Gasteiger partial charge in [0.25, 0.3) is 0 Å². The lowest BCUT2D eigenvalue weighted by Crippen LogP contribution is -1.98. The van der Waals surface area contributed by atoms with Crippen LogP contribution >= 0.6 is 11.6 Å². The molecule has 0 aliphatic carbocycles. The first-order valence-corrected chi connectivity index (χ1v) is 5.25. The summed E-state index contributed by atoms with van der Waals surface area (Å²) in [6, 6.07) is 16.3. The molecule has 0 saturated carbocycles. The molecule has 0 unspecified atom stereocenters. The van der Waals surface area contributed by atoms with E-state index >= 15 is 0 Å². The van der Waals surface area contributed by atoms with Crippen LogP contribution in [-0.2, 0) is 0 Å². The van der Waals surface area contributed by atoms with Crippen LogP contribution in [0.5, 0.6) is 0 Å². The van der Waals surface area contributed by atoms with Crippen molar-refractivity contribution in [3.8, 4) is 0 Å². The monoisotopic (exact) mass is 231 g/mol.